The van der Waals surface area contributed by atoms with Gasteiger partial charge in [-0.2, -0.15) is 0 Å². The quantitative estimate of drug-likeness (QED) is 0.853. The predicted molar refractivity (Wildman–Crippen MR) is 81.8 cm³/mol. The molecule has 0 saturated heterocycles. The zero-order valence-corrected chi connectivity index (χ0v) is 13.3. The summed E-state index contributed by atoms with van der Waals surface area (Å²) < 4.78 is 4.74. The molecule has 0 saturated carbocycles. The first kappa shape index (κ1) is 15.3. The highest BCUT2D eigenvalue weighted by Crippen LogP contribution is 2.21. The third kappa shape index (κ3) is 3.00. The van der Waals surface area contributed by atoms with E-state index >= 15 is 0 Å². The smallest absolute Gasteiger partial charge is 0.339 e. The number of ether oxygens (including phenoxy) is 1. The lowest BCUT2D eigenvalue weighted by Crippen LogP contribution is -2.27. The van der Waals surface area contributed by atoms with E-state index in [9.17, 15) is 9.59 Å². The van der Waals surface area contributed by atoms with Crippen molar-refractivity contribution in [2.24, 2.45) is 0 Å². The monoisotopic (exact) mass is 306 g/mol. The van der Waals surface area contributed by atoms with Crippen LogP contribution in [0, 0.1) is 13.8 Å². The van der Waals surface area contributed by atoms with E-state index in [0.29, 0.717) is 22.5 Å². The summed E-state index contributed by atoms with van der Waals surface area (Å²) in [6.07, 6.45) is 0. The number of methoxy groups -OCH3 is 1. The highest BCUT2D eigenvalue weighted by atomic mass is 32.1. The molecule has 21 heavy (non-hydrogen) atoms. The van der Waals surface area contributed by atoms with Gasteiger partial charge in [-0.15, -0.1) is 11.3 Å². The summed E-state index contributed by atoms with van der Waals surface area (Å²) in [5, 5.41) is 4.89. The third-order valence-electron chi connectivity index (χ3n) is 3.37. The van der Waals surface area contributed by atoms with Crippen LogP contribution in [0.3, 0.4) is 0 Å². The van der Waals surface area contributed by atoms with Gasteiger partial charge in [-0.3, -0.25) is 4.79 Å². The molecule has 2 rings (SSSR count). The first-order valence-electron chi connectivity index (χ1n) is 6.57. The van der Waals surface area contributed by atoms with Gasteiger partial charge >= 0.3 is 5.97 Å². The molecule has 5 nitrogen and oxygen atoms in total. The number of aromatic nitrogens is 1. The Morgan fingerprint density at radius 3 is 2.67 bits per heavy atom. The zero-order valence-electron chi connectivity index (χ0n) is 12.4. The maximum atomic E-state index is 12.4. The fourth-order valence-electron chi connectivity index (χ4n) is 2.26. The van der Waals surface area contributed by atoms with Crippen LogP contribution in [0.15, 0.2) is 17.5 Å². The highest BCUT2D eigenvalue weighted by molar-refractivity contribution is 7.10. The molecular formula is C15H18N2O3S. The molecule has 2 aromatic rings. The molecule has 0 radical (unpaired) electrons. The number of rotatable bonds is 4. The molecule has 1 atom stereocenters. The molecule has 2 aromatic heterocycles. The minimum Gasteiger partial charge on any atom is -0.465 e. The van der Waals surface area contributed by atoms with Crippen LogP contribution < -0.4 is 5.32 Å². The zero-order chi connectivity index (χ0) is 15.6. The molecule has 0 bridgehead atoms. The molecule has 6 heteroatoms. The van der Waals surface area contributed by atoms with Crippen molar-refractivity contribution >= 4 is 23.2 Å². The summed E-state index contributed by atoms with van der Waals surface area (Å²) in [7, 11) is 1.33. The van der Waals surface area contributed by atoms with Crippen LogP contribution in [0.5, 0.6) is 0 Å². The lowest BCUT2D eigenvalue weighted by atomic mass is 10.1. The van der Waals surface area contributed by atoms with E-state index in [1.165, 1.54) is 7.11 Å². The van der Waals surface area contributed by atoms with E-state index in [1.54, 1.807) is 25.2 Å². The van der Waals surface area contributed by atoms with E-state index in [2.05, 4.69) is 10.3 Å². The molecule has 2 N–H and O–H groups in total. The summed E-state index contributed by atoms with van der Waals surface area (Å²) >= 11 is 1.59. The average Bonchev–Trinajstić information content (AvgIpc) is 3.06. The predicted octanol–water partition coefficient (Wildman–Crippen LogP) is 2.97. The Kier molecular flexibility index (Phi) is 4.47. The van der Waals surface area contributed by atoms with Gasteiger partial charge in [-0.1, -0.05) is 6.07 Å². The Hall–Kier alpha value is -2.08. The van der Waals surface area contributed by atoms with Crippen molar-refractivity contribution in [3.8, 4) is 0 Å². The van der Waals surface area contributed by atoms with E-state index in [-0.39, 0.29) is 11.9 Å². The molecular weight excluding hydrogens is 288 g/mol. The number of nitrogens with one attached hydrogen (secondary N) is 2. The second-order valence-corrected chi connectivity index (χ2v) is 5.81. The van der Waals surface area contributed by atoms with Crippen molar-refractivity contribution < 1.29 is 14.3 Å². The van der Waals surface area contributed by atoms with Gasteiger partial charge in [0, 0.05) is 10.6 Å². The van der Waals surface area contributed by atoms with Crippen molar-refractivity contribution in [2.75, 3.05) is 7.11 Å². The van der Waals surface area contributed by atoms with Gasteiger partial charge < -0.3 is 15.0 Å². The Labute approximate surface area is 127 Å². The molecule has 0 aliphatic rings. The van der Waals surface area contributed by atoms with E-state index < -0.39 is 5.97 Å². The fraction of sp³-hybridized carbons (Fsp3) is 0.333. The number of aromatic amines is 1. The number of hydrogen-bond donors (Lipinski definition) is 2. The second-order valence-electron chi connectivity index (χ2n) is 4.83. The number of esters is 1. The lowest BCUT2D eigenvalue weighted by molar-refractivity contribution is 0.0599. The largest absolute Gasteiger partial charge is 0.465 e. The number of carbonyl (C=O) groups is 2. The molecule has 0 aromatic carbocycles. The summed E-state index contributed by atoms with van der Waals surface area (Å²) in [6, 6.07) is 3.84. The van der Waals surface area contributed by atoms with E-state index in [4.69, 9.17) is 4.74 Å². The van der Waals surface area contributed by atoms with Crippen molar-refractivity contribution in [2.45, 2.75) is 26.8 Å². The Morgan fingerprint density at radius 1 is 1.38 bits per heavy atom. The maximum absolute atomic E-state index is 12.4. The summed E-state index contributed by atoms with van der Waals surface area (Å²) in [4.78, 5) is 28.1. The number of carbonyl (C=O) groups excluding carboxylic acids is 2. The van der Waals surface area contributed by atoms with Gasteiger partial charge in [0.1, 0.15) is 5.69 Å². The number of amides is 1. The van der Waals surface area contributed by atoms with Crippen LogP contribution >= 0.6 is 11.3 Å². The topological polar surface area (TPSA) is 71.2 Å². The molecule has 1 amide bonds. The fourth-order valence-corrected chi connectivity index (χ4v) is 3.00. The maximum Gasteiger partial charge on any atom is 0.339 e. The molecule has 112 valence electrons. The van der Waals surface area contributed by atoms with Crippen LogP contribution in [0.2, 0.25) is 0 Å². The summed E-state index contributed by atoms with van der Waals surface area (Å²) in [5.74, 6) is -0.668. The molecule has 1 unspecified atom stereocenters. The third-order valence-corrected chi connectivity index (χ3v) is 4.43. The van der Waals surface area contributed by atoms with Gasteiger partial charge in [0.25, 0.3) is 5.91 Å². The van der Waals surface area contributed by atoms with Crippen LogP contribution in [-0.2, 0) is 4.74 Å². The summed E-state index contributed by atoms with van der Waals surface area (Å²) in [6.45, 7) is 5.41. The van der Waals surface area contributed by atoms with Gasteiger partial charge in [0.2, 0.25) is 0 Å². The average molecular weight is 306 g/mol. The standard InChI is InChI=1S/C15H18N2O3S/c1-8-12(15(19)20-4)10(3)16-13(8)14(18)17-9(2)11-6-5-7-21-11/h5-7,9,16H,1-4H3,(H,17,18). The Balaban J connectivity index is 2.22. The van der Waals surface area contributed by atoms with Crippen LogP contribution in [-0.4, -0.2) is 24.0 Å². The molecule has 0 fully saturated rings. The molecule has 0 spiro atoms. The summed E-state index contributed by atoms with van der Waals surface area (Å²) in [5.41, 5.74) is 2.06. The first-order valence-corrected chi connectivity index (χ1v) is 7.45. The number of H-pyrrole nitrogens is 1. The number of thiophene rings is 1. The number of hydrogen-bond acceptors (Lipinski definition) is 4. The van der Waals surface area contributed by atoms with Crippen LogP contribution in [0.25, 0.3) is 0 Å². The van der Waals surface area contributed by atoms with E-state index in [0.717, 1.165) is 4.88 Å². The molecule has 0 aliphatic carbocycles. The SMILES string of the molecule is COC(=O)c1c(C)[nH]c(C(=O)NC(C)c2cccs2)c1C. The second kappa shape index (κ2) is 6.13. The van der Waals surface area contributed by atoms with Crippen molar-refractivity contribution in [1.82, 2.24) is 10.3 Å². The van der Waals surface area contributed by atoms with Gasteiger partial charge in [0.05, 0.1) is 18.7 Å². The minimum atomic E-state index is -0.438. The van der Waals surface area contributed by atoms with Gasteiger partial charge in [0.15, 0.2) is 0 Å². The van der Waals surface area contributed by atoms with Crippen LogP contribution in [0.1, 0.15) is 49.9 Å². The molecule has 0 aliphatic heterocycles. The van der Waals surface area contributed by atoms with Crippen molar-refractivity contribution in [3.05, 3.63) is 44.9 Å². The van der Waals surface area contributed by atoms with Crippen molar-refractivity contribution in [3.63, 3.8) is 0 Å². The lowest BCUT2D eigenvalue weighted by Gasteiger charge is -2.12. The van der Waals surface area contributed by atoms with Gasteiger partial charge in [-0.05, 0) is 37.8 Å². The Bertz CT molecular complexity index is 659. The molecule has 2 heterocycles. The van der Waals surface area contributed by atoms with Crippen LogP contribution in [0.4, 0.5) is 0 Å². The number of aryl methyl sites for hydroxylation is 1. The van der Waals surface area contributed by atoms with Crippen molar-refractivity contribution in [1.29, 1.82) is 0 Å². The normalized spacial score (nSPS) is 12.0. The minimum absolute atomic E-state index is 0.0814. The first-order chi connectivity index (χ1) is 9.95. The van der Waals surface area contributed by atoms with Gasteiger partial charge in [-0.25, -0.2) is 4.79 Å². The Morgan fingerprint density at radius 2 is 2.10 bits per heavy atom. The highest BCUT2D eigenvalue weighted by Gasteiger charge is 2.23. The van der Waals surface area contributed by atoms with E-state index in [1.807, 2.05) is 24.4 Å².